The Morgan fingerprint density at radius 1 is 1.08 bits per heavy atom. The summed E-state index contributed by atoms with van der Waals surface area (Å²) in [6.07, 6.45) is 0.468. The summed E-state index contributed by atoms with van der Waals surface area (Å²) in [4.78, 5) is 10.8. The molecule has 0 saturated carbocycles. The number of aryl methyl sites for hydroxylation is 1. The SMILES string of the molecule is CCc1ccc(N(CCC(=O)O)S(=O)(=O)c2ccc(F)cc2)cc1. The molecule has 1 N–H and O–H groups in total. The zero-order chi connectivity index (χ0) is 17.7. The third-order valence-corrected chi connectivity index (χ3v) is 5.40. The molecular formula is C17H18FNO4S. The van der Waals surface area contributed by atoms with Crippen LogP contribution in [0.5, 0.6) is 0 Å². The van der Waals surface area contributed by atoms with Crippen LogP contribution in [-0.2, 0) is 21.2 Å². The third-order valence-electron chi connectivity index (χ3n) is 3.56. The van der Waals surface area contributed by atoms with Crippen LogP contribution in [0.4, 0.5) is 10.1 Å². The fourth-order valence-electron chi connectivity index (χ4n) is 2.22. The van der Waals surface area contributed by atoms with E-state index >= 15 is 0 Å². The number of aliphatic carboxylic acids is 1. The van der Waals surface area contributed by atoms with Crippen molar-refractivity contribution in [2.45, 2.75) is 24.7 Å². The lowest BCUT2D eigenvalue weighted by Gasteiger charge is -2.24. The predicted octanol–water partition coefficient (Wildman–Crippen LogP) is 3.06. The highest BCUT2D eigenvalue weighted by molar-refractivity contribution is 7.92. The Bertz CT molecular complexity index is 801. The van der Waals surface area contributed by atoms with Crippen LogP contribution in [0.3, 0.4) is 0 Å². The molecule has 0 amide bonds. The Hall–Kier alpha value is -2.41. The second-order valence-electron chi connectivity index (χ2n) is 5.19. The maximum absolute atomic E-state index is 13.1. The standard InChI is InChI=1S/C17H18FNO4S/c1-2-13-3-7-15(8-4-13)19(12-11-17(20)21)24(22,23)16-9-5-14(18)6-10-16/h3-10H,2,11-12H2,1H3,(H,20,21). The summed E-state index contributed by atoms with van der Waals surface area (Å²) in [6.45, 7) is 1.77. The molecule has 2 aromatic rings. The Kier molecular flexibility index (Phi) is 5.56. The summed E-state index contributed by atoms with van der Waals surface area (Å²) >= 11 is 0. The van der Waals surface area contributed by atoms with Crippen molar-refractivity contribution in [3.8, 4) is 0 Å². The van der Waals surface area contributed by atoms with Gasteiger partial charge in [0.2, 0.25) is 0 Å². The van der Waals surface area contributed by atoms with Gasteiger partial charge in [-0.15, -0.1) is 0 Å². The Labute approximate surface area is 140 Å². The quantitative estimate of drug-likeness (QED) is 0.832. The lowest BCUT2D eigenvalue weighted by molar-refractivity contribution is -0.136. The van der Waals surface area contributed by atoms with Crippen LogP contribution in [-0.4, -0.2) is 26.0 Å². The van der Waals surface area contributed by atoms with E-state index in [1.807, 2.05) is 6.92 Å². The first kappa shape index (κ1) is 17.9. The van der Waals surface area contributed by atoms with Crippen LogP contribution in [0.2, 0.25) is 0 Å². The molecule has 0 saturated heterocycles. The highest BCUT2D eigenvalue weighted by Gasteiger charge is 2.25. The molecule has 128 valence electrons. The molecule has 2 aromatic carbocycles. The first-order chi connectivity index (χ1) is 11.3. The van der Waals surface area contributed by atoms with E-state index in [9.17, 15) is 17.6 Å². The van der Waals surface area contributed by atoms with Crippen molar-refractivity contribution in [1.29, 1.82) is 0 Å². The first-order valence-electron chi connectivity index (χ1n) is 7.43. The van der Waals surface area contributed by atoms with E-state index < -0.39 is 21.8 Å². The summed E-state index contributed by atoms with van der Waals surface area (Å²) in [5.41, 5.74) is 1.41. The minimum absolute atomic E-state index is 0.0890. The summed E-state index contributed by atoms with van der Waals surface area (Å²) in [7, 11) is -3.98. The Morgan fingerprint density at radius 3 is 2.17 bits per heavy atom. The van der Waals surface area contributed by atoms with Gasteiger partial charge in [0, 0.05) is 6.54 Å². The normalized spacial score (nSPS) is 11.2. The minimum Gasteiger partial charge on any atom is -0.481 e. The molecule has 0 radical (unpaired) electrons. The summed E-state index contributed by atoms with van der Waals surface area (Å²) in [5.74, 6) is -1.64. The van der Waals surface area contributed by atoms with Gasteiger partial charge in [0.05, 0.1) is 17.0 Å². The van der Waals surface area contributed by atoms with Crippen LogP contribution in [0.25, 0.3) is 0 Å². The van der Waals surface area contributed by atoms with Gasteiger partial charge in [0.25, 0.3) is 10.0 Å². The molecule has 2 rings (SSSR count). The van der Waals surface area contributed by atoms with Crippen molar-refractivity contribution in [3.05, 3.63) is 59.9 Å². The minimum atomic E-state index is -3.98. The fourth-order valence-corrected chi connectivity index (χ4v) is 3.68. The number of anilines is 1. The number of rotatable bonds is 7. The topological polar surface area (TPSA) is 74.7 Å². The molecule has 7 heteroatoms. The van der Waals surface area contributed by atoms with Crippen LogP contribution >= 0.6 is 0 Å². The van der Waals surface area contributed by atoms with Gasteiger partial charge in [-0.05, 0) is 48.4 Å². The number of sulfonamides is 1. The smallest absolute Gasteiger partial charge is 0.305 e. The molecular weight excluding hydrogens is 333 g/mol. The molecule has 0 aliphatic carbocycles. The molecule has 0 aliphatic heterocycles. The van der Waals surface area contributed by atoms with Gasteiger partial charge in [-0.25, -0.2) is 12.8 Å². The van der Waals surface area contributed by atoms with Gasteiger partial charge in [-0.1, -0.05) is 19.1 Å². The molecule has 0 aromatic heterocycles. The summed E-state index contributed by atoms with van der Waals surface area (Å²) < 4.78 is 39.7. The van der Waals surface area contributed by atoms with E-state index in [-0.39, 0.29) is 17.9 Å². The highest BCUT2D eigenvalue weighted by Crippen LogP contribution is 2.24. The number of carbonyl (C=O) groups is 1. The van der Waals surface area contributed by atoms with Gasteiger partial charge in [-0.2, -0.15) is 0 Å². The molecule has 24 heavy (non-hydrogen) atoms. The van der Waals surface area contributed by atoms with Crippen LogP contribution in [0, 0.1) is 5.82 Å². The van der Waals surface area contributed by atoms with E-state index in [0.29, 0.717) is 5.69 Å². The van der Waals surface area contributed by atoms with Crippen molar-refractivity contribution in [1.82, 2.24) is 0 Å². The lowest BCUT2D eigenvalue weighted by atomic mass is 10.1. The number of benzene rings is 2. The zero-order valence-corrected chi connectivity index (χ0v) is 14.0. The van der Waals surface area contributed by atoms with Gasteiger partial charge in [-0.3, -0.25) is 9.10 Å². The molecule has 0 spiro atoms. The number of hydrogen-bond donors (Lipinski definition) is 1. The number of nitrogens with zero attached hydrogens (tertiary/aromatic N) is 1. The van der Waals surface area contributed by atoms with E-state index in [1.165, 1.54) is 12.1 Å². The summed E-state index contributed by atoms with van der Waals surface area (Å²) in [5, 5.41) is 8.89. The molecule has 0 atom stereocenters. The van der Waals surface area contributed by atoms with Crippen LogP contribution < -0.4 is 4.31 Å². The van der Waals surface area contributed by atoms with Crippen molar-refractivity contribution < 1.29 is 22.7 Å². The maximum Gasteiger partial charge on any atom is 0.305 e. The second kappa shape index (κ2) is 7.44. The monoisotopic (exact) mass is 351 g/mol. The number of hydrogen-bond acceptors (Lipinski definition) is 3. The van der Waals surface area contributed by atoms with Crippen LogP contribution in [0.15, 0.2) is 53.4 Å². The zero-order valence-electron chi connectivity index (χ0n) is 13.1. The maximum atomic E-state index is 13.1. The first-order valence-corrected chi connectivity index (χ1v) is 8.87. The van der Waals surface area contributed by atoms with Crippen molar-refractivity contribution >= 4 is 21.7 Å². The third kappa shape index (κ3) is 4.11. The average molecular weight is 351 g/mol. The number of carboxylic acids is 1. The van der Waals surface area contributed by atoms with Gasteiger partial charge in [0.1, 0.15) is 5.82 Å². The Balaban J connectivity index is 2.43. The predicted molar refractivity (Wildman–Crippen MR) is 89.0 cm³/mol. The van der Waals surface area contributed by atoms with Crippen LogP contribution in [0.1, 0.15) is 18.9 Å². The van der Waals surface area contributed by atoms with Gasteiger partial charge >= 0.3 is 5.97 Å². The highest BCUT2D eigenvalue weighted by atomic mass is 32.2. The molecule has 0 heterocycles. The van der Waals surface area contributed by atoms with E-state index in [0.717, 1.165) is 28.4 Å². The molecule has 0 unspecified atom stereocenters. The van der Waals surface area contributed by atoms with E-state index in [4.69, 9.17) is 5.11 Å². The van der Waals surface area contributed by atoms with Gasteiger partial charge in [0.15, 0.2) is 0 Å². The summed E-state index contributed by atoms with van der Waals surface area (Å²) in [6, 6.07) is 11.3. The average Bonchev–Trinajstić information content (AvgIpc) is 2.55. The fraction of sp³-hybridized carbons (Fsp3) is 0.235. The van der Waals surface area contributed by atoms with Crippen molar-refractivity contribution in [3.63, 3.8) is 0 Å². The molecule has 0 fully saturated rings. The van der Waals surface area contributed by atoms with E-state index in [2.05, 4.69) is 0 Å². The van der Waals surface area contributed by atoms with Gasteiger partial charge < -0.3 is 5.11 Å². The molecule has 0 bridgehead atoms. The lowest BCUT2D eigenvalue weighted by Crippen LogP contribution is -2.33. The molecule has 5 nitrogen and oxygen atoms in total. The van der Waals surface area contributed by atoms with E-state index in [1.54, 1.807) is 24.3 Å². The Morgan fingerprint density at radius 2 is 1.67 bits per heavy atom. The van der Waals surface area contributed by atoms with Crippen molar-refractivity contribution in [2.24, 2.45) is 0 Å². The number of halogens is 1. The van der Waals surface area contributed by atoms with Crippen molar-refractivity contribution in [2.75, 3.05) is 10.8 Å². The molecule has 0 aliphatic rings. The number of carboxylic acid groups (broad SMARTS) is 1. The second-order valence-corrected chi connectivity index (χ2v) is 7.06. The largest absolute Gasteiger partial charge is 0.481 e.